The molecular weight excluding hydrogens is 405 g/mol. The summed E-state index contributed by atoms with van der Waals surface area (Å²) in [5.41, 5.74) is 3.79. The molecule has 1 aliphatic heterocycles. The summed E-state index contributed by atoms with van der Waals surface area (Å²) in [5.74, 6) is -0.510. The molecule has 0 unspecified atom stereocenters. The van der Waals surface area contributed by atoms with E-state index >= 15 is 0 Å². The molecule has 0 radical (unpaired) electrons. The Labute approximate surface area is 169 Å². The Bertz CT molecular complexity index is 1050. The van der Waals surface area contributed by atoms with Crippen LogP contribution in [0.3, 0.4) is 0 Å². The number of aromatic nitrogens is 1. The second-order valence-electron chi connectivity index (χ2n) is 6.58. The molecule has 4 nitrogen and oxygen atoms in total. The third-order valence-corrected chi connectivity index (χ3v) is 4.88. The predicted octanol–water partition coefficient (Wildman–Crippen LogP) is 5.46. The van der Waals surface area contributed by atoms with Crippen molar-refractivity contribution in [2.45, 2.75) is 19.5 Å². The quantitative estimate of drug-likeness (QED) is 0.565. The standard InChI is InChI=1S/C21H14ClF3N2O2/c22-18-10-15(14-5-7-26-8-6-14)9-16-12-27(20(28)19(16)18)11-13-1-3-17(4-2-13)29-21(23,24)25/h1-10H,11-12H2. The third-order valence-electron chi connectivity index (χ3n) is 4.58. The molecule has 0 N–H and O–H groups in total. The molecule has 0 saturated carbocycles. The van der Waals surface area contributed by atoms with Crippen LogP contribution in [-0.2, 0) is 13.1 Å². The van der Waals surface area contributed by atoms with E-state index in [1.165, 1.54) is 24.3 Å². The van der Waals surface area contributed by atoms with Gasteiger partial charge in [0.2, 0.25) is 0 Å². The van der Waals surface area contributed by atoms with Crippen LogP contribution in [0.5, 0.6) is 5.75 Å². The fourth-order valence-electron chi connectivity index (χ4n) is 3.32. The van der Waals surface area contributed by atoms with Gasteiger partial charge in [0.15, 0.2) is 0 Å². The lowest BCUT2D eigenvalue weighted by molar-refractivity contribution is -0.274. The lowest BCUT2D eigenvalue weighted by Gasteiger charge is -2.16. The van der Waals surface area contributed by atoms with Crippen molar-refractivity contribution >= 4 is 17.5 Å². The first-order valence-corrected chi connectivity index (χ1v) is 9.05. The lowest BCUT2D eigenvalue weighted by Crippen LogP contribution is -2.23. The van der Waals surface area contributed by atoms with E-state index < -0.39 is 6.36 Å². The second kappa shape index (κ2) is 7.40. The van der Waals surface area contributed by atoms with Gasteiger partial charge in [0.05, 0.1) is 10.6 Å². The van der Waals surface area contributed by atoms with E-state index in [0.717, 1.165) is 16.7 Å². The highest BCUT2D eigenvalue weighted by Crippen LogP contribution is 2.35. The average molecular weight is 419 g/mol. The van der Waals surface area contributed by atoms with E-state index in [1.54, 1.807) is 23.4 Å². The maximum absolute atomic E-state index is 12.8. The molecule has 0 aliphatic carbocycles. The van der Waals surface area contributed by atoms with Crippen molar-refractivity contribution in [3.8, 4) is 16.9 Å². The first-order valence-electron chi connectivity index (χ1n) is 8.67. The van der Waals surface area contributed by atoms with Crippen molar-refractivity contribution in [1.82, 2.24) is 9.88 Å². The van der Waals surface area contributed by atoms with Crippen LogP contribution in [0.15, 0.2) is 60.9 Å². The zero-order valence-corrected chi connectivity index (χ0v) is 15.7. The van der Waals surface area contributed by atoms with Crippen LogP contribution >= 0.6 is 11.6 Å². The minimum atomic E-state index is -4.74. The maximum Gasteiger partial charge on any atom is 0.573 e. The number of nitrogens with zero attached hydrogens (tertiary/aromatic N) is 2. The topological polar surface area (TPSA) is 42.4 Å². The summed E-state index contributed by atoms with van der Waals surface area (Å²) < 4.78 is 40.7. The normalized spacial score (nSPS) is 13.5. The summed E-state index contributed by atoms with van der Waals surface area (Å²) in [4.78, 5) is 18.4. The number of hydrogen-bond donors (Lipinski definition) is 0. The molecule has 4 rings (SSSR count). The summed E-state index contributed by atoms with van der Waals surface area (Å²) in [5, 5.41) is 0.371. The van der Waals surface area contributed by atoms with Crippen LogP contribution in [-0.4, -0.2) is 22.2 Å². The van der Waals surface area contributed by atoms with E-state index in [2.05, 4.69) is 9.72 Å². The number of alkyl halides is 3. The van der Waals surface area contributed by atoms with E-state index in [4.69, 9.17) is 11.6 Å². The number of carbonyl (C=O) groups excluding carboxylic acids is 1. The van der Waals surface area contributed by atoms with Crippen LogP contribution in [0.1, 0.15) is 21.5 Å². The number of fused-ring (bicyclic) bond motifs is 1. The van der Waals surface area contributed by atoms with Crippen molar-refractivity contribution in [3.63, 3.8) is 0 Å². The number of halogens is 4. The van der Waals surface area contributed by atoms with Gasteiger partial charge in [0.1, 0.15) is 5.75 Å². The summed E-state index contributed by atoms with van der Waals surface area (Å²) in [6.07, 6.45) is -1.38. The fourth-order valence-corrected chi connectivity index (χ4v) is 3.64. The van der Waals surface area contributed by atoms with E-state index in [1.807, 2.05) is 18.2 Å². The minimum Gasteiger partial charge on any atom is -0.406 e. The molecule has 1 aliphatic rings. The maximum atomic E-state index is 12.8. The molecule has 2 heterocycles. The number of pyridine rings is 1. The van der Waals surface area contributed by atoms with Crippen LogP contribution < -0.4 is 4.74 Å². The van der Waals surface area contributed by atoms with Crippen LogP contribution in [0.25, 0.3) is 11.1 Å². The van der Waals surface area contributed by atoms with Crippen molar-refractivity contribution in [1.29, 1.82) is 0 Å². The van der Waals surface area contributed by atoms with Gasteiger partial charge in [-0.25, -0.2) is 0 Å². The molecule has 2 aromatic carbocycles. The first kappa shape index (κ1) is 19.3. The lowest BCUT2D eigenvalue weighted by atomic mass is 10.0. The second-order valence-corrected chi connectivity index (χ2v) is 6.99. The molecule has 8 heteroatoms. The van der Waals surface area contributed by atoms with E-state index in [9.17, 15) is 18.0 Å². The van der Waals surface area contributed by atoms with Gasteiger partial charge >= 0.3 is 6.36 Å². The van der Waals surface area contributed by atoms with Gasteiger partial charge in [-0.3, -0.25) is 9.78 Å². The van der Waals surface area contributed by atoms with Gasteiger partial charge < -0.3 is 9.64 Å². The van der Waals surface area contributed by atoms with Crippen LogP contribution in [0.4, 0.5) is 13.2 Å². The number of amides is 1. The smallest absolute Gasteiger partial charge is 0.406 e. The van der Waals surface area contributed by atoms with Crippen molar-refractivity contribution in [3.05, 3.63) is 82.6 Å². The highest BCUT2D eigenvalue weighted by molar-refractivity contribution is 6.34. The molecule has 29 heavy (non-hydrogen) atoms. The Morgan fingerprint density at radius 3 is 2.38 bits per heavy atom. The molecule has 0 spiro atoms. The average Bonchev–Trinajstić information content (AvgIpc) is 2.99. The Hall–Kier alpha value is -3.06. The van der Waals surface area contributed by atoms with Gasteiger partial charge in [-0.2, -0.15) is 0 Å². The molecule has 1 aromatic heterocycles. The summed E-state index contributed by atoms with van der Waals surface area (Å²) in [7, 11) is 0. The van der Waals surface area contributed by atoms with E-state index in [0.29, 0.717) is 22.7 Å². The number of hydrogen-bond acceptors (Lipinski definition) is 3. The molecule has 0 bridgehead atoms. The van der Waals surface area contributed by atoms with Gasteiger partial charge in [-0.05, 0) is 58.7 Å². The Kier molecular flexibility index (Phi) is 4.92. The Balaban J connectivity index is 1.53. The van der Waals surface area contributed by atoms with E-state index in [-0.39, 0.29) is 18.2 Å². The number of rotatable bonds is 4. The Morgan fingerprint density at radius 1 is 1.03 bits per heavy atom. The summed E-state index contributed by atoms with van der Waals surface area (Å²) in [6.45, 7) is 0.619. The highest BCUT2D eigenvalue weighted by Gasteiger charge is 2.32. The summed E-state index contributed by atoms with van der Waals surface area (Å²) in [6, 6.07) is 12.8. The highest BCUT2D eigenvalue weighted by atomic mass is 35.5. The Morgan fingerprint density at radius 2 is 1.72 bits per heavy atom. The molecule has 0 saturated heterocycles. The molecule has 1 amide bonds. The third kappa shape index (κ3) is 4.19. The number of ether oxygens (including phenoxy) is 1. The molecular formula is C21H14ClF3N2O2. The fraction of sp³-hybridized carbons (Fsp3) is 0.143. The first-order chi connectivity index (χ1) is 13.8. The van der Waals surface area contributed by atoms with Gasteiger partial charge in [0, 0.05) is 25.5 Å². The minimum absolute atomic E-state index is 0.207. The predicted molar refractivity (Wildman–Crippen MR) is 101 cm³/mol. The molecule has 0 fully saturated rings. The molecule has 0 atom stereocenters. The van der Waals surface area contributed by atoms with Gasteiger partial charge in [-0.15, -0.1) is 13.2 Å². The van der Waals surface area contributed by atoms with Crippen molar-refractivity contribution < 1.29 is 22.7 Å². The molecule has 3 aromatic rings. The van der Waals surface area contributed by atoms with Crippen molar-refractivity contribution in [2.24, 2.45) is 0 Å². The monoisotopic (exact) mass is 418 g/mol. The van der Waals surface area contributed by atoms with Crippen LogP contribution in [0, 0.1) is 0 Å². The van der Waals surface area contributed by atoms with Crippen molar-refractivity contribution in [2.75, 3.05) is 0 Å². The zero-order valence-electron chi connectivity index (χ0n) is 14.9. The largest absolute Gasteiger partial charge is 0.573 e. The number of carbonyl (C=O) groups is 1. The SMILES string of the molecule is O=C1c2c(Cl)cc(-c3ccncc3)cc2CN1Cc1ccc(OC(F)(F)F)cc1. The zero-order chi connectivity index (χ0) is 20.6. The molecule has 148 valence electrons. The van der Waals surface area contributed by atoms with Gasteiger partial charge in [0.25, 0.3) is 5.91 Å². The number of benzene rings is 2. The van der Waals surface area contributed by atoms with Gasteiger partial charge in [-0.1, -0.05) is 23.7 Å². The van der Waals surface area contributed by atoms with Crippen LogP contribution in [0.2, 0.25) is 5.02 Å². The summed E-state index contributed by atoms with van der Waals surface area (Å²) >= 11 is 6.38.